The number of fused-ring (bicyclic) bond motifs is 2. The highest BCUT2D eigenvalue weighted by atomic mass is 35.5. The molecule has 0 spiro atoms. The summed E-state index contributed by atoms with van der Waals surface area (Å²) < 4.78 is 1.97. The SMILES string of the molecule is CC(C)(C)n1cc(CN2C3CCNCC2CC3)nn1.Cl. The molecule has 1 aromatic heterocycles. The first kappa shape index (κ1) is 15.7. The van der Waals surface area contributed by atoms with Gasteiger partial charge in [0.05, 0.1) is 17.4 Å². The molecule has 0 saturated carbocycles. The zero-order valence-corrected chi connectivity index (χ0v) is 13.5. The Bertz CT molecular complexity index is 425. The van der Waals surface area contributed by atoms with Gasteiger partial charge in [-0.1, -0.05) is 5.21 Å². The molecule has 0 aliphatic carbocycles. The zero-order chi connectivity index (χ0) is 13.5. The largest absolute Gasteiger partial charge is 0.315 e. The van der Waals surface area contributed by atoms with Gasteiger partial charge in [0, 0.05) is 25.2 Å². The third-order valence-electron chi connectivity index (χ3n) is 4.38. The molecule has 2 saturated heterocycles. The Morgan fingerprint density at radius 2 is 2.00 bits per heavy atom. The number of aromatic nitrogens is 3. The van der Waals surface area contributed by atoms with E-state index in [4.69, 9.17) is 0 Å². The molecule has 2 fully saturated rings. The summed E-state index contributed by atoms with van der Waals surface area (Å²) in [4.78, 5) is 2.64. The van der Waals surface area contributed by atoms with Crippen LogP contribution in [0, 0.1) is 0 Å². The van der Waals surface area contributed by atoms with Gasteiger partial charge in [-0.25, -0.2) is 4.68 Å². The molecule has 1 aromatic rings. The predicted molar refractivity (Wildman–Crippen MR) is 82.1 cm³/mol. The summed E-state index contributed by atoms with van der Waals surface area (Å²) in [5.74, 6) is 0. The van der Waals surface area contributed by atoms with Gasteiger partial charge in [0.25, 0.3) is 0 Å². The minimum atomic E-state index is 0. The quantitative estimate of drug-likeness (QED) is 0.904. The lowest BCUT2D eigenvalue weighted by Crippen LogP contribution is -2.37. The van der Waals surface area contributed by atoms with Gasteiger partial charge in [0.1, 0.15) is 0 Å². The number of nitrogens with one attached hydrogen (secondary N) is 1. The number of hydrogen-bond donors (Lipinski definition) is 1. The molecule has 0 amide bonds. The number of rotatable bonds is 2. The van der Waals surface area contributed by atoms with Crippen molar-refractivity contribution in [3.8, 4) is 0 Å². The first-order chi connectivity index (χ1) is 9.04. The maximum absolute atomic E-state index is 4.35. The van der Waals surface area contributed by atoms with Gasteiger partial charge in [0.2, 0.25) is 0 Å². The molecule has 3 rings (SSSR count). The predicted octanol–water partition coefficient (Wildman–Crippen LogP) is 1.78. The standard InChI is InChI=1S/C14H25N5.ClH/c1-14(2,3)19-10-11(16-17-19)9-18-12-4-5-13(18)8-15-7-6-12;/h10,12-13,15H,4-9H2,1-3H3;1H. The van der Waals surface area contributed by atoms with Gasteiger partial charge < -0.3 is 5.32 Å². The normalized spacial score (nSPS) is 27.1. The molecule has 1 N–H and O–H groups in total. The smallest absolute Gasteiger partial charge is 0.0967 e. The molecule has 2 aliphatic rings. The summed E-state index contributed by atoms with van der Waals surface area (Å²) in [7, 11) is 0. The van der Waals surface area contributed by atoms with Crippen molar-refractivity contribution < 1.29 is 0 Å². The molecule has 2 unspecified atom stereocenters. The van der Waals surface area contributed by atoms with Crippen LogP contribution in [0.2, 0.25) is 0 Å². The Morgan fingerprint density at radius 1 is 1.25 bits per heavy atom. The Morgan fingerprint density at radius 3 is 2.70 bits per heavy atom. The Kier molecular flexibility index (Phi) is 4.72. The van der Waals surface area contributed by atoms with Crippen LogP contribution in [0.1, 0.15) is 45.7 Å². The van der Waals surface area contributed by atoms with Crippen LogP contribution in [0.25, 0.3) is 0 Å². The van der Waals surface area contributed by atoms with Crippen molar-refractivity contribution in [2.75, 3.05) is 13.1 Å². The van der Waals surface area contributed by atoms with E-state index in [1.807, 2.05) is 4.68 Å². The lowest BCUT2D eigenvalue weighted by atomic mass is 10.1. The topological polar surface area (TPSA) is 46.0 Å². The van der Waals surface area contributed by atoms with Crippen molar-refractivity contribution in [1.82, 2.24) is 25.2 Å². The van der Waals surface area contributed by atoms with Crippen molar-refractivity contribution in [2.45, 2.75) is 64.2 Å². The van der Waals surface area contributed by atoms with Crippen molar-refractivity contribution in [1.29, 1.82) is 0 Å². The van der Waals surface area contributed by atoms with Crippen LogP contribution < -0.4 is 5.32 Å². The van der Waals surface area contributed by atoms with E-state index >= 15 is 0 Å². The van der Waals surface area contributed by atoms with Gasteiger partial charge in [-0.2, -0.15) is 0 Å². The van der Waals surface area contributed by atoms with Crippen molar-refractivity contribution in [2.24, 2.45) is 0 Å². The monoisotopic (exact) mass is 299 g/mol. The van der Waals surface area contributed by atoms with E-state index in [1.165, 1.54) is 19.3 Å². The van der Waals surface area contributed by atoms with E-state index in [9.17, 15) is 0 Å². The van der Waals surface area contributed by atoms with E-state index in [1.54, 1.807) is 0 Å². The first-order valence-corrected chi connectivity index (χ1v) is 7.42. The van der Waals surface area contributed by atoms with Gasteiger partial charge in [-0.15, -0.1) is 17.5 Å². The molecule has 6 heteroatoms. The average Bonchev–Trinajstić information content (AvgIpc) is 2.84. The highest BCUT2D eigenvalue weighted by molar-refractivity contribution is 5.85. The van der Waals surface area contributed by atoms with E-state index in [-0.39, 0.29) is 17.9 Å². The second-order valence-electron chi connectivity index (χ2n) is 6.88. The molecule has 2 aliphatic heterocycles. The van der Waals surface area contributed by atoms with E-state index < -0.39 is 0 Å². The van der Waals surface area contributed by atoms with Gasteiger partial charge in [0.15, 0.2) is 0 Å². The zero-order valence-electron chi connectivity index (χ0n) is 12.7. The molecule has 0 aromatic carbocycles. The fraction of sp³-hybridized carbons (Fsp3) is 0.857. The minimum absolute atomic E-state index is 0. The van der Waals surface area contributed by atoms with Crippen molar-refractivity contribution in [3.63, 3.8) is 0 Å². The molecule has 2 bridgehead atoms. The summed E-state index contributed by atoms with van der Waals surface area (Å²) in [6.07, 6.45) is 6.05. The van der Waals surface area contributed by atoms with Crippen LogP contribution in [-0.4, -0.2) is 45.1 Å². The van der Waals surface area contributed by atoms with Crippen LogP contribution in [-0.2, 0) is 12.1 Å². The molecule has 0 radical (unpaired) electrons. The van der Waals surface area contributed by atoms with Crippen LogP contribution in [0.5, 0.6) is 0 Å². The average molecular weight is 300 g/mol. The lowest BCUT2D eigenvalue weighted by molar-refractivity contribution is 0.191. The molecule has 3 heterocycles. The third kappa shape index (κ3) is 3.15. The van der Waals surface area contributed by atoms with Gasteiger partial charge in [-0.3, -0.25) is 4.90 Å². The third-order valence-corrected chi connectivity index (χ3v) is 4.38. The fourth-order valence-corrected chi connectivity index (χ4v) is 3.23. The summed E-state index contributed by atoms with van der Waals surface area (Å²) in [5.41, 5.74) is 1.12. The Hall–Kier alpha value is -0.650. The highest BCUT2D eigenvalue weighted by Crippen LogP contribution is 2.29. The van der Waals surface area contributed by atoms with Crippen LogP contribution in [0.15, 0.2) is 6.20 Å². The number of halogens is 1. The Labute approximate surface area is 127 Å². The molecular weight excluding hydrogens is 274 g/mol. The second-order valence-corrected chi connectivity index (χ2v) is 6.88. The molecule has 2 atom stereocenters. The lowest BCUT2D eigenvalue weighted by Gasteiger charge is -2.26. The van der Waals surface area contributed by atoms with E-state index in [0.717, 1.165) is 31.4 Å². The van der Waals surface area contributed by atoms with E-state index in [2.05, 4.69) is 47.5 Å². The number of nitrogens with zero attached hydrogens (tertiary/aromatic N) is 4. The van der Waals surface area contributed by atoms with Crippen molar-refractivity contribution in [3.05, 3.63) is 11.9 Å². The van der Waals surface area contributed by atoms with Crippen LogP contribution in [0.4, 0.5) is 0 Å². The molecule has 20 heavy (non-hydrogen) atoms. The Balaban J connectivity index is 0.00000147. The van der Waals surface area contributed by atoms with Gasteiger partial charge in [-0.05, 0) is 46.6 Å². The second kappa shape index (κ2) is 6.00. The summed E-state index contributed by atoms with van der Waals surface area (Å²) >= 11 is 0. The minimum Gasteiger partial charge on any atom is -0.315 e. The summed E-state index contributed by atoms with van der Waals surface area (Å²) in [6, 6.07) is 1.42. The molecular formula is C14H26ClN5. The van der Waals surface area contributed by atoms with Crippen LogP contribution in [0.3, 0.4) is 0 Å². The first-order valence-electron chi connectivity index (χ1n) is 7.42. The van der Waals surface area contributed by atoms with Crippen molar-refractivity contribution >= 4 is 12.4 Å². The highest BCUT2D eigenvalue weighted by Gasteiger charge is 2.35. The van der Waals surface area contributed by atoms with Crippen LogP contribution >= 0.6 is 12.4 Å². The molecule has 5 nitrogen and oxygen atoms in total. The van der Waals surface area contributed by atoms with Gasteiger partial charge >= 0.3 is 0 Å². The summed E-state index contributed by atoms with van der Waals surface area (Å²) in [6.45, 7) is 9.71. The molecule has 114 valence electrons. The maximum atomic E-state index is 4.35. The summed E-state index contributed by atoms with van der Waals surface area (Å²) in [5, 5.41) is 12.2. The van der Waals surface area contributed by atoms with E-state index in [0.29, 0.717) is 6.04 Å². The maximum Gasteiger partial charge on any atom is 0.0967 e. The fourth-order valence-electron chi connectivity index (χ4n) is 3.23. The number of hydrogen-bond acceptors (Lipinski definition) is 4.